The molecule has 1 aromatic carbocycles. The van der Waals surface area contributed by atoms with Gasteiger partial charge in [-0.1, -0.05) is 49.3 Å². The van der Waals surface area contributed by atoms with Crippen molar-refractivity contribution in [2.45, 2.75) is 39.3 Å². The molecule has 1 aromatic heterocycles. The highest BCUT2D eigenvalue weighted by Crippen LogP contribution is 2.23. The van der Waals surface area contributed by atoms with E-state index in [1.807, 2.05) is 32.0 Å². The summed E-state index contributed by atoms with van der Waals surface area (Å²) >= 11 is 0. The molecule has 0 saturated carbocycles. The second kappa shape index (κ2) is 8.47. The summed E-state index contributed by atoms with van der Waals surface area (Å²) in [5.74, 6) is 0.255. The normalized spacial score (nSPS) is 18.2. The van der Waals surface area contributed by atoms with Crippen molar-refractivity contribution < 1.29 is 18.8 Å². The minimum atomic E-state index is -0.392. The highest BCUT2D eigenvalue weighted by molar-refractivity contribution is 5.91. The Kier molecular flexibility index (Phi) is 6.06. The van der Waals surface area contributed by atoms with Crippen LogP contribution in [0.4, 0.5) is 0 Å². The monoisotopic (exact) mass is 358 g/mol. The molecule has 2 aromatic rings. The Balaban J connectivity index is 1.54. The van der Waals surface area contributed by atoms with Crippen molar-refractivity contribution in [1.29, 1.82) is 0 Å². The number of morpholine rings is 1. The molecule has 1 atom stereocenters. The maximum Gasteiger partial charge on any atom is 0.343 e. The summed E-state index contributed by atoms with van der Waals surface area (Å²) < 4.78 is 16.5. The summed E-state index contributed by atoms with van der Waals surface area (Å²) in [7, 11) is 0. The largest absolute Gasteiger partial charge is 0.459 e. The van der Waals surface area contributed by atoms with Gasteiger partial charge in [0.25, 0.3) is 0 Å². The fourth-order valence-corrected chi connectivity index (χ4v) is 3.14. The Hall–Kier alpha value is -2.18. The van der Waals surface area contributed by atoms with Crippen molar-refractivity contribution in [2.24, 2.45) is 0 Å². The quantitative estimate of drug-likeness (QED) is 0.739. The van der Waals surface area contributed by atoms with Crippen molar-refractivity contribution in [3.63, 3.8) is 0 Å². The van der Waals surface area contributed by atoms with Crippen LogP contribution in [0.25, 0.3) is 0 Å². The predicted octanol–water partition coefficient (Wildman–Crippen LogP) is 3.16. The van der Waals surface area contributed by atoms with E-state index in [2.05, 4.69) is 22.2 Å². The van der Waals surface area contributed by atoms with Gasteiger partial charge in [-0.25, -0.2) is 4.79 Å². The lowest BCUT2D eigenvalue weighted by atomic mass is 10.1. The van der Waals surface area contributed by atoms with E-state index >= 15 is 0 Å². The Labute approximate surface area is 154 Å². The molecule has 1 saturated heterocycles. The third kappa shape index (κ3) is 4.51. The highest BCUT2D eigenvalue weighted by Gasteiger charge is 2.26. The Morgan fingerprint density at radius 1 is 1.35 bits per heavy atom. The first-order valence-corrected chi connectivity index (χ1v) is 9.05. The SMILES string of the molecule is Cc1noc(C(C)C)c1C(=O)OCC1CN(Cc2ccccc2)CCO1. The summed E-state index contributed by atoms with van der Waals surface area (Å²) in [6.45, 7) is 9.03. The Morgan fingerprint density at radius 2 is 2.12 bits per heavy atom. The molecule has 0 bridgehead atoms. The average molecular weight is 358 g/mol. The van der Waals surface area contributed by atoms with E-state index in [9.17, 15) is 4.79 Å². The Bertz CT molecular complexity index is 727. The highest BCUT2D eigenvalue weighted by atomic mass is 16.6. The molecule has 0 radical (unpaired) electrons. The van der Waals surface area contributed by atoms with Gasteiger partial charge in [-0.2, -0.15) is 0 Å². The molecule has 140 valence electrons. The van der Waals surface area contributed by atoms with Crippen LogP contribution in [0.2, 0.25) is 0 Å². The van der Waals surface area contributed by atoms with Crippen LogP contribution in [0, 0.1) is 6.92 Å². The molecule has 1 aliphatic rings. The van der Waals surface area contributed by atoms with Gasteiger partial charge in [0, 0.05) is 25.6 Å². The summed E-state index contributed by atoms with van der Waals surface area (Å²) in [5, 5.41) is 3.90. The molecular weight excluding hydrogens is 332 g/mol. The summed E-state index contributed by atoms with van der Waals surface area (Å²) in [5.41, 5.74) is 2.28. The molecule has 0 aliphatic carbocycles. The second-order valence-corrected chi connectivity index (χ2v) is 6.97. The van der Waals surface area contributed by atoms with Gasteiger partial charge < -0.3 is 14.0 Å². The molecule has 0 spiro atoms. The zero-order chi connectivity index (χ0) is 18.5. The van der Waals surface area contributed by atoms with Gasteiger partial charge in [0.1, 0.15) is 18.3 Å². The van der Waals surface area contributed by atoms with Gasteiger partial charge >= 0.3 is 5.97 Å². The van der Waals surface area contributed by atoms with Gasteiger partial charge in [-0.3, -0.25) is 4.90 Å². The first-order chi connectivity index (χ1) is 12.5. The maximum atomic E-state index is 12.5. The molecule has 1 unspecified atom stereocenters. The molecule has 2 heterocycles. The lowest BCUT2D eigenvalue weighted by Gasteiger charge is -2.32. The third-order valence-corrected chi connectivity index (χ3v) is 4.49. The summed E-state index contributed by atoms with van der Waals surface area (Å²) in [6, 6.07) is 10.3. The maximum absolute atomic E-state index is 12.5. The number of nitrogens with zero attached hydrogens (tertiary/aromatic N) is 2. The van der Waals surface area contributed by atoms with Crippen molar-refractivity contribution >= 4 is 5.97 Å². The van der Waals surface area contributed by atoms with Crippen LogP contribution in [-0.4, -0.2) is 48.4 Å². The topological polar surface area (TPSA) is 64.8 Å². The first kappa shape index (κ1) is 18.6. The van der Waals surface area contributed by atoms with Crippen molar-refractivity contribution in [3.8, 4) is 0 Å². The van der Waals surface area contributed by atoms with Crippen LogP contribution in [0.1, 0.15) is 47.1 Å². The Morgan fingerprint density at radius 3 is 2.85 bits per heavy atom. The fourth-order valence-electron chi connectivity index (χ4n) is 3.14. The van der Waals surface area contributed by atoms with Crippen LogP contribution in [0.5, 0.6) is 0 Å². The molecule has 6 heteroatoms. The fraction of sp³-hybridized carbons (Fsp3) is 0.500. The number of aryl methyl sites for hydroxylation is 1. The van der Waals surface area contributed by atoms with E-state index in [1.54, 1.807) is 6.92 Å². The number of hydrogen-bond acceptors (Lipinski definition) is 6. The van der Waals surface area contributed by atoms with Gasteiger partial charge in [0.2, 0.25) is 0 Å². The number of ether oxygens (including phenoxy) is 2. The summed E-state index contributed by atoms with van der Waals surface area (Å²) in [4.78, 5) is 14.8. The van der Waals surface area contributed by atoms with Crippen molar-refractivity contribution in [1.82, 2.24) is 10.1 Å². The molecule has 0 N–H and O–H groups in total. The van der Waals surface area contributed by atoms with Crippen LogP contribution < -0.4 is 0 Å². The number of aromatic nitrogens is 1. The standard InChI is InChI=1S/C20H26N2O4/c1-14(2)19-18(15(3)21-26-19)20(23)25-13-17-12-22(9-10-24-17)11-16-7-5-4-6-8-16/h4-8,14,17H,9-13H2,1-3H3. The minimum Gasteiger partial charge on any atom is -0.459 e. The molecule has 3 rings (SSSR count). The van der Waals surface area contributed by atoms with Crippen molar-refractivity contribution in [3.05, 3.63) is 52.9 Å². The number of carbonyl (C=O) groups excluding carboxylic acids is 1. The smallest absolute Gasteiger partial charge is 0.343 e. The first-order valence-electron chi connectivity index (χ1n) is 9.05. The van der Waals surface area contributed by atoms with E-state index in [0.29, 0.717) is 23.6 Å². The van der Waals surface area contributed by atoms with E-state index in [1.165, 1.54) is 5.56 Å². The van der Waals surface area contributed by atoms with Gasteiger partial charge in [0.15, 0.2) is 5.76 Å². The van der Waals surface area contributed by atoms with Crippen LogP contribution >= 0.6 is 0 Å². The zero-order valence-corrected chi connectivity index (χ0v) is 15.6. The molecule has 26 heavy (non-hydrogen) atoms. The lowest BCUT2D eigenvalue weighted by Crippen LogP contribution is -2.44. The van der Waals surface area contributed by atoms with E-state index in [4.69, 9.17) is 14.0 Å². The lowest BCUT2D eigenvalue weighted by molar-refractivity contribution is -0.0613. The molecule has 1 aliphatic heterocycles. The number of benzene rings is 1. The van der Waals surface area contributed by atoms with E-state index in [0.717, 1.165) is 19.6 Å². The molecule has 0 amide bonds. The van der Waals surface area contributed by atoms with Crippen LogP contribution in [-0.2, 0) is 16.0 Å². The molecular formula is C20H26N2O4. The van der Waals surface area contributed by atoms with Crippen LogP contribution in [0.3, 0.4) is 0 Å². The number of esters is 1. The van der Waals surface area contributed by atoms with Crippen molar-refractivity contribution in [2.75, 3.05) is 26.3 Å². The summed E-state index contributed by atoms with van der Waals surface area (Å²) in [6.07, 6.45) is -0.126. The minimum absolute atomic E-state index is 0.0750. The van der Waals surface area contributed by atoms with E-state index in [-0.39, 0.29) is 18.6 Å². The number of hydrogen-bond donors (Lipinski definition) is 0. The van der Waals surface area contributed by atoms with Crippen LogP contribution in [0.15, 0.2) is 34.9 Å². The van der Waals surface area contributed by atoms with Gasteiger partial charge in [0.05, 0.1) is 12.3 Å². The average Bonchev–Trinajstić information content (AvgIpc) is 3.03. The second-order valence-electron chi connectivity index (χ2n) is 6.97. The third-order valence-electron chi connectivity index (χ3n) is 4.49. The number of carbonyl (C=O) groups is 1. The van der Waals surface area contributed by atoms with Gasteiger partial charge in [-0.05, 0) is 12.5 Å². The van der Waals surface area contributed by atoms with E-state index < -0.39 is 5.97 Å². The van der Waals surface area contributed by atoms with Gasteiger partial charge in [-0.15, -0.1) is 0 Å². The zero-order valence-electron chi connectivity index (χ0n) is 15.6. The number of rotatable bonds is 6. The molecule has 1 fully saturated rings. The molecule has 6 nitrogen and oxygen atoms in total. The predicted molar refractivity (Wildman–Crippen MR) is 97.1 cm³/mol.